The van der Waals surface area contributed by atoms with Crippen LogP contribution >= 0.6 is 0 Å². The van der Waals surface area contributed by atoms with Crippen molar-refractivity contribution in [1.29, 1.82) is 0 Å². The third kappa shape index (κ3) is 2.82. The normalized spacial score (nSPS) is 19.9. The molecule has 1 N–H and O–H groups in total. The van der Waals surface area contributed by atoms with Crippen LogP contribution < -0.4 is 5.32 Å². The van der Waals surface area contributed by atoms with Crippen molar-refractivity contribution in [3.63, 3.8) is 0 Å². The van der Waals surface area contributed by atoms with Crippen LogP contribution in [0.3, 0.4) is 0 Å². The first kappa shape index (κ1) is 12.5. The monoisotopic (exact) mass is 240 g/mol. The lowest BCUT2D eigenvalue weighted by Crippen LogP contribution is -2.31. The van der Waals surface area contributed by atoms with Gasteiger partial charge in [-0.1, -0.05) is 12.1 Å². The van der Waals surface area contributed by atoms with E-state index in [9.17, 15) is 8.78 Å². The average molecular weight is 240 g/mol. The maximum atomic E-state index is 13.7. The van der Waals surface area contributed by atoms with Crippen LogP contribution in [0.15, 0.2) is 18.2 Å². The number of hydrogen-bond donors (Lipinski definition) is 1. The van der Waals surface area contributed by atoms with Crippen molar-refractivity contribution in [2.24, 2.45) is 0 Å². The molecule has 0 bridgehead atoms. The van der Waals surface area contributed by atoms with Crippen LogP contribution in [0, 0.1) is 11.6 Å². The molecule has 1 aromatic rings. The van der Waals surface area contributed by atoms with Gasteiger partial charge in [0.1, 0.15) is 0 Å². The summed E-state index contributed by atoms with van der Waals surface area (Å²) in [4.78, 5) is 2.19. The highest BCUT2D eigenvalue weighted by atomic mass is 19.2. The molecule has 0 saturated carbocycles. The summed E-state index contributed by atoms with van der Waals surface area (Å²) >= 11 is 0. The number of halogens is 2. The lowest BCUT2D eigenvalue weighted by molar-refractivity contribution is 0.220. The molecule has 1 fully saturated rings. The molecule has 0 radical (unpaired) electrons. The van der Waals surface area contributed by atoms with Crippen LogP contribution in [0.1, 0.15) is 24.9 Å². The standard InChI is InChI=1S/C13H18F2N2/c1-10(17-8-3-6-16-7-9-17)11-4-2-5-12(14)13(11)15/h2,4-5,10,16H,3,6-9H2,1H3. The molecule has 1 heterocycles. The van der Waals surface area contributed by atoms with E-state index in [-0.39, 0.29) is 6.04 Å². The van der Waals surface area contributed by atoms with Gasteiger partial charge in [-0.25, -0.2) is 8.78 Å². The number of rotatable bonds is 2. The summed E-state index contributed by atoms with van der Waals surface area (Å²) in [6.07, 6.45) is 1.04. The molecule has 0 aromatic heterocycles. The van der Waals surface area contributed by atoms with Gasteiger partial charge in [-0.05, 0) is 32.5 Å². The molecule has 0 aliphatic carbocycles. The predicted molar refractivity (Wildman–Crippen MR) is 63.8 cm³/mol. The molecule has 94 valence electrons. The number of hydrogen-bond acceptors (Lipinski definition) is 2. The van der Waals surface area contributed by atoms with Crippen LogP contribution in [0.4, 0.5) is 8.78 Å². The van der Waals surface area contributed by atoms with Gasteiger partial charge >= 0.3 is 0 Å². The van der Waals surface area contributed by atoms with Crippen LogP contribution in [-0.4, -0.2) is 31.1 Å². The number of nitrogens with zero attached hydrogens (tertiary/aromatic N) is 1. The molecule has 17 heavy (non-hydrogen) atoms. The van der Waals surface area contributed by atoms with Crippen molar-refractivity contribution in [2.75, 3.05) is 26.2 Å². The predicted octanol–water partition coefficient (Wildman–Crippen LogP) is 2.32. The van der Waals surface area contributed by atoms with Crippen molar-refractivity contribution in [2.45, 2.75) is 19.4 Å². The lowest BCUT2D eigenvalue weighted by Gasteiger charge is -2.27. The van der Waals surface area contributed by atoms with Crippen molar-refractivity contribution >= 4 is 0 Å². The Hall–Kier alpha value is -1.00. The molecular weight excluding hydrogens is 222 g/mol. The molecule has 1 aliphatic heterocycles. The molecule has 1 atom stereocenters. The second-order valence-corrected chi connectivity index (χ2v) is 4.46. The van der Waals surface area contributed by atoms with Crippen molar-refractivity contribution < 1.29 is 8.78 Å². The van der Waals surface area contributed by atoms with E-state index in [1.54, 1.807) is 12.1 Å². The largest absolute Gasteiger partial charge is 0.315 e. The Labute approximate surface area is 101 Å². The highest BCUT2D eigenvalue weighted by Gasteiger charge is 2.21. The molecule has 1 aromatic carbocycles. The fraction of sp³-hybridized carbons (Fsp3) is 0.538. The Kier molecular flexibility index (Phi) is 4.07. The Morgan fingerprint density at radius 1 is 1.24 bits per heavy atom. The SMILES string of the molecule is CC(c1cccc(F)c1F)N1CCCNCC1. The van der Waals surface area contributed by atoms with Gasteiger partial charge in [0.15, 0.2) is 11.6 Å². The first-order valence-corrected chi connectivity index (χ1v) is 6.09. The summed E-state index contributed by atoms with van der Waals surface area (Å²) in [5, 5.41) is 3.30. The zero-order valence-electron chi connectivity index (χ0n) is 10.0. The smallest absolute Gasteiger partial charge is 0.163 e. The number of nitrogens with one attached hydrogen (secondary N) is 1. The van der Waals surface area contributed by atoms with Gasteiger partial charge in [0.25, 0.3) is 0 Å². The van der Waals surface area contributed by atoms with Crippen molar-refractivity contribution in [1.82, 2.24) is 10.2 Å². The van der Waals surface area contributed by atoms with E-state index < -0.39 is 11.6 Å². The Balaban J connectivity index is 2.17. The van der Waals surface area contributed by atoms with Crippen molar-refractivity contribution in [3.05, 3.63) is 35.4 Å². The quantitative estimate of drug-likeness (QED) is 0.853. The minimum absolute atomic E-state index is 0.0781. The van der Waals surface area contributed by atoms with Gasteiger partial charge in [-0.2, -0.15) is 0 Å². The van der Waals surface area contributed by atoms with Crippen LogP contribution in [0.2, 0.25) is 0 Å². The van der Waals surface area contributed by atoms with E-state index in [1.807, 2.05) is 6.92 Å². The lowest BCUT2D eigenvalue weighted by atomic mass is 10.1. The molecule has 4 heteroatoms. The van der Waals surface area contributed by atoms with Gasteiger partial charge in [0, 0.05) is 24.7 Å². The summed E-state index contributed by atoms with van der Waals surface area (Å²) in [5.74, 6) is -1.47. The van der Waals surface area contributed by atoms with Gasteiger partial charge < -0.3 is 5.32 Å². The maximum Gasteiger partial charge on any atom is 0.163 e. The Morgan fingerprint density at radius 3 is 2.88 bits per heavy atom. The molecule has 2 nitrogen and oxygen atoms in total. The summed E-state index contributed by atoms with van der Waals surface area (Å²) in [6.45, 7) is 5.63. The second-order valence-electron chi connectivity index (χ2n) is 4.46. The van der Waals surface area contributed by atoms with Gasteiger partial charge in [0.2, 0.25) is 0 Å². The van der Waals surface area contributed by atoms with E-state index in [0.717, 1.165) is 38.7 Å². The average Bonchev–Trinajstić information content (AvgIpc) is 2.60. The highest BCUT2D eigenvalue weighted by molar-refractivity contribution is 5.22. The molecule has 1 unspecified atom stereocenters. The minimum Gasteiger partial charge on any atom is -0.315 e. The minimum atomic E-state index is -0.762. The zero-order chi connectivity index (χ0) is 12.3. The summed E-state index contributed by atoms with van der Waals surface area (Å²) in [7, 11) is 0. The fourth-order valence-corrected chi connectivity index (χ4v) is 2.29. The van der Waals surface area contributed by atoms with E-state index >= 15 is 0 Å². The Morgan fingerprint density at radius 2 is 2.06 bits per heavy atom. The van der Waals surface area contributed by atoms with Crippen molar-refractivity contribution in [3.8, 4) is 0 Å². The summed E-state index contributed by atoms with van der Waals surface area (Å²) < 4.78 is 26.9. The molecule has 1 saturated heterocycles. The summed E-state index contributed by atoms with van der Waals surface area (Å²) in [5.41, 5.74) is 0.451. The van der Waals surface area contributed by atoms with E-state index in [4.69, 9.17) is 0 Å². The number of benzene rings is 1. The maximum absolute atomic E-state index is 13.7. The third-order valence-corrected chi connectivity index (χ3v) is 3.35. The van der Waals surface area contributed by atoms with Gasteiger partial charge in [-0.3, -0.25) is 4.90 Å². The first-order valence-electron chi connectivity index (χ1n) is 6.09. The summed E-state index contributed by atoms with van der Waals surface area (Å²) in [6, 6.07) is 4.32. The second kappa shape index (κ2) is 5.56. The van der Waals surface area contributed by atoms with Gasteiger partial charge in [0.05, 0.1) is 0 Å². The van der Waals surface area contributed by atoms with Crippen LogP contribution in [0.5, 0.6) is 0 Å². The highest BCUT2D eigenvalue weighted by Crippen LogP contribution is 2.24. The molecule has 2 rings (SSSR count). The van der Waals surface area contributed by atoms with E-state index in [1.165, 1.54) is 0 Å². The Bertz CT molecular complexity index is 374. The van der Waals surface area contributed by atoms with Crippen LogP contribution in [0.25, 0.3) is 0 Å². The molecule has 0 spiro atoms. The first-order chi connectivity index (χ1) is 8.20. The van der Waals surface area contributed by atoms with Gasteiger partial charge in [-0.15, -0.1) is 0 Å². The fourth-order valence-electron chi connectivity index (χ4n) is 2.29. The van der Waals surface area contributed by atoms with Crippen LogP contribution in [-0.2, 0) is 0 Å². The molecule has 1 aliphatic rings. The zero-order valence-corrected chi connectivity index (χ0v) is 10.0. The topological polar surface area (TPSA) is 15.3 Å². The molecular formula is C13H18F2N2. The molecule has 0 amide bonds. The van der Waals surface area contributed by atoms with E-state index in [2.05, 4.69) is 10.2 Å². The van der Waals surface area contributed by atoms with E-state index in [0.29, 0.717) is 5.56 Å². The third-order valence-electron chi connectivity index (χ3n) is 3.35.